The molecule has 0 amide bonds. The Morgan fingerprint density at radius 3 is 2.12 bits per heavy atom. The van der Waals surface area contributed by atoms with Gasteiger partial charge < -0.3 is 0 Å². The molecule has 4 heteroatoms. The van der Waals surface area contributed by atoms with Gasteiger partial charge in [-0.1, -0.05) is 60.7 Å². The molecular formula is C20H16N2S2. The van der Waals surface area contributed by atoms with E-state index in [0.717, 1.165) is 33.4 Å². The highest BCUT2D eigenvalue weighted by Gasteiger charge is 2.15. The second-order valence-electron chi connectivity index (χ2n) is 5.55. The van der Waals surface area contributed by atoms with Crippen molar-refractivity contribution in [2.24, 2.45) is 0 Å². The van der Waals surface area contributed by atoms with Gasteiger partial charge in [0.1, 0.15) is 0 Å². The van der Waals surface area contributed by atoms with Gasteiger partial charge >= 0.3 is 0 Å². The Labute approximate surface area is 149 Å². The zero-order valence-corrected chi connectivity index (χ0v) is 14.9. The van der Waals surface area contributed by atoms with E-state index >= 15 is 0 Å². The molecule has 2 aromatic heterocycles. The fraction of sp³-hybridized carbons (Fsp3) is 0.100. The topological polar surface area (TPSA) is 25.8 Å². The number of aromatic nitrogens is 2. The lowest BCUT2D eigenvalue weighted by Gasteiger charge is -2.02. The van der Waals surface area contributed by atoms with Gasteiger partial charge in [0, 0.05) is 17.4 Å². The van der Waals surface area contributed by atoms with Gasteiger partial charge in [0.15, 0.2) is 0 Å². The number of hydrogen-bond acceptors (Lipinski definition) is 4. The van der Waals surface area contributed by atoms with Crippen molar-refractivity contribution < 1.29 is 0 Å². The molecule has 0 bridgehead atoms. The largest absolute Gasteiger partial charge is 0.246 e. The summed E-state index contributed by atoms with van der Waals surface area (Å²) in [6, 6.07) is 20.9. The smallest absolute Gasteiger partial charge is 0.0999 e. The van der Waals surface area contributed by atoms with Crippen molar-refractivity contribution in [2.45, 2.75) is 13.3 Å². The average molecular weight is 348 g/mol. The summed E-state index contributed by atoms with van der Waals surface area (Å²) in [6.07, 6.45) is 0.793. The molecule has 0 spiro atoms. The van der Waals surface area contributed by atoms with Crippen LogP contribution in [0.4, 0.5) is 0 Å². The van der Waals surface area contributed by atoms with Gasteiger partial charge in [-0.05, 0) is 12.5 Å². The first-order valence-electron chi connectivity index (χ1n) is 7.81. The van der Waals surface area contributed by atoms with E-state index in [-0.39, 0.29) is 0 Å². The third-order valence-electron chi connectivity index (χ3n) is 3.75. The maximum Gasteiger partial charge on any atom is 0.0999 e. The predicted octanol–water partition coefficient (Wildman–Crippen LogP) is 5.83. The van der Waals surface area contributed by atoms with E-state index in [0.29, 0.717) is 0 Å². The molecule has 0 saturated heterocycles. The fourth-order valence-corrected chi connectivity index (χ4v) is 4.38. The lowest BCUT2D eigenvalue weighted by molar-refractivity contribution is 1.06. The highest BCUT2D eigenvalue weighted by Crippen LogP contribution is 2.37. The molecule has 0 aliphatic heterocycles. The van der Waals surface area contributed by atoms with Crippen molar-refractivity contribution in [2.75, 3.05) is 0 Å². The van der Waals surface area contributed by atoms with Gasteiger partial charge in [-0.25, -0.2) is 9.97 Å². The molecule has 0 saturated carbocycles. The monoisotopic (exact) mass is 348 g/mol. The van der Waals surface area contributed by atoms with E-state index in [9.17, 15) is 0 Å². The van der Waals surface area contributed by atoms with Crippen LogP contribution in [-0.4, -0.2) is 9.97 Å². The molecule has 2 nitrogen and oxygen atoms in total. The van der Waals surface area contributed by atoms with Gasteiger partial charge in [-0.15, -0.1) is 22.7 Å². The Balaban J connectivity index is 1.79. The summed E-state index contributed by atoms with van der Waals surface area (Å²) in [5, 5.41) is 4.34. The Bertz CT molecular complexity index is 883. The molecular weight excluding hydrogens is 332 g/mol. The van der Waals surface area contributed by atoms with E-state index < -0.39 is 0 Å². The first-order valence-corrected chi connectivity index (χ1v) is 9.51. The van der Waals surface area contributed by atoms with Gasteiger partial charge in [-0.2, -0.15) is 0 Å². The SMILES string of the molecule is Cc1nc(Cc2nc(-c3ccccc3)c(-c3ccccc3)s2)cs1. The third kappa shape index (κ3) is 3.16. The summed E-state index contributed by atoms with van der Waals surface area (Å²) in [5.74, 6) is 0. The molecule has 4 rings (SSSR count). The number of rotatable bonds is 4. The highest BCUT2D eigenvalue weighted by atomic mass is 32.1. The Morgan fingerprint density at radius 2 is 1.50 bits per heavy atom. The van der Waals surface area contributed by atoms with E-state index in [1.54, 1.807) is 22.7 Å². The van der Waals surface area contributed by atoms with Crippen molar-refractivity contribution in [3.63, 3.8) is 0 Å². The van der Waals surface area contributed by atoms with Crippen LogP contribution >= 0.6 is 22.7 Å². The number of benzene rings is 2. The summed E-state index contributed by atoms with van der Waals surface area (Å²) in [5.41, 5.74) is 4.54. The number of hydrogen-bond donors (Lipinski definition) is 0. The molecule has 2 heterocycles. The zero-order valence-electron chi connectivity index (χ0n) is 13.3. The maximum absolute atomic E-state index is 4.94. The minimum absolute atomic E-state index is 0.793. The number of aryl methyl sites for hydroxylation is 1. The van der Waals surface area contributed by atoms with Crippen LogP contribution in [0.5, 0.6) is 0 Å². The Morgan fingerprint density at radius 1 is 0.833 bits per heavy atom. The molecule has 0 fully saturated rings. The maximum atomic E-state index is 4.94. The molecule has 0 aliphatic carbocycles. The van der Waals surface area contributed by atoms with E-state index in [4.69, 9.17) is 4.98 Å². The summed E-state index contributed by atoms with van der Waals surface area (Å²) in [4.78, 5) is 10.7. The summed E-state index contributed by atoms with van der Waals surface area (Å²) >= 11 is 3.46. The molecule has 0 atom stereocenters. The zero-order chi connectivity index (χ0) is 16.4. The fourth-order valence-electron chi connectivity index (χ4n) is 2.66. The van der Waals surface area contributed by atoms with Gasteiger partial charge in [0.2, 0.25) is 0 Å². The Kier molecular flexibility index (Phi) is 4.24. The molecule has 4 aromatic rings. The van der Waals surface area contributed by atoms with Crippen molar-refractivity contribution >= 4 is 22.7 Å². The molecule has 2 aromatic carbocycles. The van der Waals surface area contributed by atoms with Crippen LogP contribution in [0.2, 0.25) is 0 Å². The second kappa shape index (κ2) is 6.67. The van der Waals surface area contributed by atoms with Gasteiger partial charge in [-0.3, -0.25) is 0 Å². The molecule has 118 valence electrons. The Hall–Kier alpha value is -2.30. The molecule has 0 N–H and O–H groups in total. The summed E-state index contributed by atoms with van der Waals surface area (Å²) in [7, 11) is 0. The van der Waals surface area contributed by atoms with Crippen molar-refractivity contribution in [3.05, 3.63) is 81.8 Å². The minimum atomic E-state index is 0.793. The van der Waals surface area contributed by atoms with Crippen molar-refractivity contribution in [1.29, 1.82) is 0 Å². The van der Waals surface area contributed by atoms with Crippen molar-refractivity contribution in [3.8, 4) is 21.7 Å². The van der Waals surface area contributed by atoms with E-state index in [1.165, 1.54) is 10.4 Å². The predicted molar refractivity (Wildman–Crippen MR) is 103 cm³/mol. The van der Waals surface area contributed by atoms with Gasteiger partial charge in [0.25, 0.3) is 0 Å². The molecule has 0 unspecified atom stereocenters. The van der Waals surface area contributed by atoms with E-state index in [1.807, 2.05) is 19.1 Å². The van der Waals surface area contributed by atoms with Crippen molar-refractivity contribution in [1.82, 2.24) is 9.97 Å². The van der Waals surface area contributed by atoms with Gasteiger partial charge in [0.05, 0.1) is 26.3 Å². The van der Waals surface area contributed by atoms with Crippen LogP contribution in [0.1, 0.15) is 15.7 Å². The second-order valence-corrected chi connectivity index (χ2v) is 7.70. The third-order valence-corrected chi connectivity index (χ3v) is 5.68. The number of thiazole rings is 2. The molecule has 0 radical (unpaired) electrons. The first-order chi connectivity index (χ1) is 11.8. The van der Waals surface area contributed by atoms with Crippen LogP contribution in [0.25, 0.3) is 21.7 Å². The standard InChI is InChI=1S/C20H16N2S2/c1-14-21-17(13-23-14)12-18-22-19(15-8-4-2-5-9-15)20(24-18)16-10-6-3-7-11-16/h2-11,13H,12H2,1H3. The van der Waals surface area contributed by atoms with Crippen LogP contribution in [0.3, 0.4) is 0 Å². The lowest BCUT2D eigenvalue weighted by Crippen LogP contribution is -1.88. The van der Waals surface area contributed by atoms with E-state index in [2.05, 4.69) is 58.9 Å². The average Bonchev–Trinajstić information content (AvgIpc) is 3.23. The summed E-state index contributed by atoms with van der Waals surface area (Å²) in [6.45, 7) is 2.04. The normalized spacial score (nSPS) is 10.9. The first kappa shape index (κ1) is 15.2. The highest BCUT2D eigenvalue weighted by molar-refractivity contribution is 7.15. The quantitative estimate of drug-likeness (QED) is 0.463. The van der Waals surface area contributed by atoms with Crippen LogP contribution in [-0.2, 0) is 6.42 Å². The van der Waals surface area contributed by atoms with Crippen LogP contribution in [0, 0.1) is 6.92 Å². The molecule has 0 aliphatic rings. The lowest BCUT2D eigenvalue weighted by atomic mass is 10.1. The van der Waals surface area contributed by atoms with Crippen LogP contribution < -0.4 is 0 Å². The summed E-state index contributed by atoms with van der Waals surface area (Å²) < 4.78 is 0. The molecule has 24 heavy (non-hydrogen) atoms. The minimum Gasteiger partial charge on any atom is -0.246 e. The number of nitrogens with zero attached hydrogens (tertiary/aromatic N) is 2. The van der Waals surface area contributed by atoms with Crippen LogP contribution in [0.15, 0.2) is 66.0 Å².